The molecular weight excluding hydrogens is 423 g/mol. The number of nitrogens with zero attached hydrogens (tertiary/aromatic N) is 6. The molecule has 1 atom stereocenters. The summed E-state index contributed by atoms with van der Waals surface area (Å²) in [6, 6.07) is 2.54. The number of halogens is 3. The maximum absolute atomic E-state index is 13.2. The molecule has 0 saturated carbocycles. The number of hydrogen-bond acceptors (Lipinski definition) is 6. The van der Waals surface area contributed by atoms with Crippen LogP contribution in [0.5, 0.6) is 0 Å². The van der Waals surface area contributed by atoms with Gasteiger partial charge in [0.2, 0.25) is 5.91 Å². The van der Waals surface area contributed by atoms with E-state index in [0.717, 1.165) is 11.8 Å². The number of fused-ring (bicyclic) bond motifs is 1. The van der Waals surface area contributed by atoms with Crippen LogP contribution in [0.2, 0.25) is 0 Å². The Balaban J connectivity index is 1.47. The second kappa shape index (κ2) is 8.21. The zero-order valence-corrected chi connectivity index (χ0v) is 17.8. The molecule has 1 aliphatic rings. The molecule has 0 saturated heterocycles. The molecule has 0 aliphatic carbocycles. The van der Waals surface area contributed by atoms with Gasteiger partial charge < -0.3 is 10.2 Å². The predicted molar refractivity (Wildman–Crippen MR) is 111 cm³/mol. The van der Waals surface area contributed by atoms with Gasteiger partial charge in [-0.3, -0.25) is 14.5 Å². The highest BCUT2D eigenvalue weighted by molar-refractivity contribution is 6.02. The summed E-state index contributed by atoms with van der Waals surface area (Å²) >= 11 is 0. The van der Waals surface area contributed by atoms with Crippen LogP contribution in [0.15, 0.2) is 30.7 Å². The van der Waals surface area contributed by atoms with Crippen molar-refractivity contribution in [2.45, 2.75) is 45.5 Å². The molecule has 1 N–H and O–H groups in total. The number of anilines is 2. The Hall–Kier alpha value is -3.50. The van der Waals surface area contributed by atoms with E-state index in [1.165, 1.54) is 16.8 Å². The molecule has 3 aromatic heterocycles. The van der Waals surface area contributed by atoms with Crippen molar-refractivity contribution in [3.8, 4) is 0 Å². The average Bonchev–Trinajstić information content (AvgIpc) is 3.18. The van der Waals surface area contributed by atoms with Gasteiger partial charge in [-0.2, -0.15) is 18.3 Å². The Labute approximate surface area is 182 Å². The maximum atomic E-state index is 13.2. The van der Waals surface area contributed by atoms with Gasteiger partial charge in [0.15, 0.2) is 5.82 Å². The van der Waals surface area contributed by atoms with Crippen LogP contribution in [-0.4, -0.2) is 43.7 Å². The molecule has 4 heterocycles. The van der Waals surface area contributed by atoms with Gasteiger partial charge in [0.05, 0.1) is 18.4 Å². The number of alkyl halides is 3. The van der Waals surface area contributed by atoms with Gasteiger partial charge in [-0.15, -0.1) is 0 Å². The number of rotatable bonds is 5. The monoisotopic (exact) mass is 445 g/mol. The van der Waals surface area contributed by atoms with Crippen LogP contribution < -0.4 is 10.2 Å². The van der Waals surface area contributed by atoms with Gasteiger partial charge in [0.25, 0.3) is 0 Å². The summed E-state index contributed by atoms with van der Waals surface area (Å²) in [7, 11) is 1.82. The molecule has 0 fully saturated rings. The lowest BCUT2D eigenvalue weighted by Gasteiger charge is -2.32. The van der Waals surface area contributed by atoms with E-state index in [0.29, 0.717) is 35.9 Å². The summed E-state index contributed by atoms with van der Waals surface area (Å²) in [4.78, 5) is 26.4. The smallest absolute Gasteiger partial charge is 0.346 e. The normalized spacial score (nSPS) is 16.1. The molecule has 1 aliphatic heterocycles. The minimum Gasteiger partial charge on any atom is -0.346 e. The highest BCUT2D eigenvalue weighted by Crippen LogP contribution is 2.32. The average molecular weight is 445 g/mol. The largest absolute Gasteiger partial charge is 0.433 e. The number of pyridine rings is 1. The molecule has 0 spiro atoms. The fourth-order valence-electron chi connectivity index (χ4n) is 3.59. The number of nitrogens with one attached hydrogen (secondary N) is 1. The number of aryl methyl sites for hydroxylation is 3. The molecule has 0 unspecified atom stereocenters. The minimum atomic E-state index is -4.52. The standard InChI is InChI=1S/C21H22F3N7O/c1-12-17-19(30(3)13(2)20(32)29-17)28-16(27-12)7-6-14-9-26-31(10-14)11-15-5-4-8-25-18(15)21(22,23)24/h4-5,8-10,13H,6-7,11H2,1-3H3,(H,29,32)/t13-/m0/s1. The van der Waals surface area contributed by atoms with Crippen molar-refractivity contribution in [3.63, 3.8) is 0 Å². The van der Waals surface area contributed by atoms with Crippen LogP contribution in [-0.2, 0) is 30.4 Å². The predicted octanol–water partition coefficient (Wildman–Crippen LogP) is 3.01. The molecule has 3 aromatic rings. The van der Waals surface area contributed by atoms with Crippen LogP contribution in [0.4, 0.5) is 24.7 Å². The molecule has 0 aromatic carbocycles. The lowest BCUT2D eigenvalue weighted by molar-refractivity contribution is -0.141. The second-order valence-corrected chi connectivity index (χ2v) is 7.76. The first kappa shape index (κ1) is 21.7. The van der Waals surface area contributed by atoms with Crippen molar-refractivity contribution >= 4 is 17.4 Å². The van der Waals surface area contributed by atoms with E-state index in [1.807, 2.05) is 18.9 Å². The van der Waals surface area contributed by atoms with E-state index in [1.54, 1.807) is 19.3 Å². The molecule has 0 bridgehead atoms. The fraction of sp³-hybridized carbons (Fsp3) is 0.381. The van der Waals surface area contributed by atoms with E-state index < -0.39 is 11.9 Å². The van der Waals surface area contributed by atoms with Crippen LogP contribution in [0, 0.1) is 6.92 Å². The van der Waals surface area contributed by atoms with Gasteiger partial charge in [-0.1, -0.05) is 6.07 Å². The molecule has 4 rings (SSSR count). The topological polar surface area (TPSA) is 88.8 Å². The summed E-state index contributed by atoms with van der Waals surface area (Å²) in [5.74, 6) is 1.19. The van der Waals surface area contributed by atoms with Gasteiger partial charge in [-0.05, 0) is 31.9 Å². The van der Waals surface area contributed by atoms with Crippen molar-refractivity contribution in [1.29, 1.82) is 0 Å². The van der Waals surface area contributed by atoms with E-state index in [2.05, 4.69) is 25.4 Å². The zero-order chi connectivity index (χ0) is 23.0. The minimum absolute atomic E-state index is 0.0283. The van der Waals surface area contributed by atoms with E-state index >= 15 is 0 Å². The molecular formula is C21H22F3N7O. The quantitative estimate of drug-likeness (QED) is 0.650. The summed E-state index contributed by atoms with van der Waals surface area (Å²) < 4.78 is 40.9. The zero-order valence-electron chi connectivity index (χ0n) is 17.8. The third-order valence-corrected chi connectivity index (χ3v) is 5.48. The number of hydrogen-bond donors (Lipinski definition) is 1. The van der Waals surface area contributed by atoms with Gasteiger partial charge in [0, 0.05) is 31.4 Å². The van der Waals surface area contributed by atoms with Crippen LogP contribution in [0.1, 0.15) is 35.3 Å². The van der Waals surface area contributed by atoms with E-state index in [4.69, 9.17) is 0 Å². The third kappa shape index (κ3) is 4.27. The van der Waals surface area contributed by atoms with Crippen LogP contribution in [0.3, 0.4) is 0 Å². The lowest BCUT2D eigenvalue weighted by Crippen LogP contribution is -2.45. The first-order valence-corrected chi connectivity index (χ1v) is 10.1. The van der Waals surface area contributed by atoms with Gasteiger partial charge in [0.1, 0.15) is 23.2 Å². The summed E-state index contributed by atoms with van der Waals surface area (Å²) in [6.45, 7) is 3.59. The summed E-state index contributed by atoms with van der Waals surface area (Å²) in [5, 5.41) is 7.04. The van der Waals surface area contributed by atoms with E-state index in [9.17, 15) is 18.0 Å². The second-order valence-electron chi connectivity index (χ2n) is 7.76. The third-order valence-electron chi connectivity index (χ3n) is 5.48. The molecule has 32 heavy (non-hydrogen) atoms. The van der Waals surface area contributed by atoms with Crippen LogP contribution in [0.25, 0.3) is 0 Å². The molecule has 11 heteroatoms. The Morgan fingerprint density at radius 3 is 2.75 bits per heavy atom. The molecule has 8 nitrogen and oxygen atoms in total. The highest BCUT2D eigenvalue weighted by Gasteiger charge is 2.35. The first-order valence-electron chi connectivity index (χ1n) is 10.1. The highest BCUT2D eigenvalue weighted by atomic mass is 19.4. The Kier molecular flexibility index (Phi) is 5.57. The van der Waals surface area contributed by atoms with E-state index in [-0.39, 0.29) is 24.1 Å². The van der Waals surface area contributed by atoms with Crippen molar-refractivity contribution in [2.24, 2.45) is 0 Å². The lowest BCUT2D eigenvalue weighted by atomic mass is 10.1. The fourth-order valence-corrected chi connectivity index (χ4v) is 3.59. The molecule has 1 amide bonds. The summed E-state index contributed by atoms with van der Waals surface area (Å²) in [6.07, 6.45) is 1.05. The maximum Gasteiger partial charge on any atom is 0.433 e. The van der Waals surface area contributed by atoms with Crippen molar-refractivity contribution in [1.82, 2.24) is 24.7 Å². The van der Waals surface area contributed by atoms with Gasteiger partial charge >= 0.3 is 6.18 Å². The first-order chi connectivity index (χ1) is 15.1. The number of carbonyl (C=O) groups is 1. The molecule has 0 radical (unpaired) electrons. The number of carbonyl (C=O) groups excluding carboxylic acids is 1. The number of likely N-dealkylation sites (N-methyl/N-ethyl adjacent to an activating group) is 1. The summed E-state index contributed by atoms with van der Waals surface area (Å²) in [5.41, 5.74) is 1.31. The SMILES string of the molecule is Cc1nc(CCc2cnn(Cc3cccnc3C(F)(F)F)c2)nc2c1NC(=O)[C@H](C)N2C. The Bertz CT molecular complexity index is 1160. The van der Waals surface area contributed by atoms with Crippen molar-refractivity contribution < 1.29 is 18.0 Å². The Morgan fingerprint density at radius 2 is 2.00 bits per heavy atom. The van der Waals surface area contributed by atoms with Crippen LogP contribution >= 0.6 is 0 Å². The number of aromatic nitrogens is 5. The van der Waals surface area contributed by atoms with Crippen molar-refractivity contribution in [2.75, 3.05) is 17.3 Å². The Morgan fingerprint density at radius 1 is 1.22 bits per heavy atom. The molecule has 168 valence electrons. The van der Waals surface area contributed by atoms with Gasteiger partial charge in [-0.25, -0.2) is 9.97 Å². The van der Waals surface area contributed by atoms with Crippen molar-refractivity contribution in [3.05, 3.63) is 59.1 Å². The number of amides is 1.